The zero-order valence-corrected chi connectivity index (χ0v) is 4.41. The summed E-state index contributed by atoms with van der Waals surface area (Å²) in [4.78, 5) is 0. The van der Waals surface area contributed by atoms with E-state index in [4.69, 9.17) is 0 Å². The lowest BCUT2D eigenvalue weighted by Crippen LogP contribution is -2.13. The average Bonchev–Trinajstić information content (AvgIpc) is 1.86. The summed E-state index contributed by atoms with van der Waals surface area (Å²) < 4.78 is 0. The lowest BCUT2D eigenvalue weighted by atomic mass is 10.4. The summed E-state index contributed by atoms with van der Waals surface area (Å²) in [5.41, 5.74) is 0. The van der Waals surface area contributed by atoms with Gasteiger partial charge in [0.2, 0.25) is 0 Å². The molecule has 1 unspecified atom stereocenters. The first-order valence-corrected chi connectivity index (χ1v) is 2.66. The SMILES string of the molecule is SC1[CH]CCN1. The number of nitrogens with one attached hydrogen (secondary N) is 1. The van der Waals surface area contributed by atoms with Crippen LogP contribution in [0.4, 0.5) is 0 Å². The molecule has 0 aromatic heterocycles. The summed E-state index contributed by atoms with van der Waals surface area (Å²) in [5, 5.41) is 3.49. The van der Waals surface area contributed by atoms with Gasteiger partial charge in [-0.05, 0) is 19.4 Å². The third-order valence-corrected chi connectivity index (χ3v) is 1.28. The highest BCUT2D eigenvalue weighted by molar-refractivity contribution is 7.81. The van der Waals surface area contributed by atoms with Crippen LogP contribution in [0.5, 0.6) is 0 Å². The molecule has 1 nitrogen and oxygen atoms in total. The molecular formula is C4H8NS. The van der Waals surface area contributed by atoms with Crippen molar-refractivity contribution in [2.45, 2.75) is 11.8 Å². The lowest BCUT2D eigenvalue weighted by molar-refractivity contribution is 0.832. The van der Waals surface area contributed by atoms with Crippen molar-refractivity contribution in [3.63, 3.8) is 0 Å². The Morgan fingerprint density at radius 1 is 1.83 bits per heavy atom. The molecule has 0 saturated carbocycles. The Kier molecular flexibility index (Phi) is 1.37. The fraction of sp³-hybridized carbons (Fsp3) is 0.750. The topological polar surface area (TPSA) is 12.0 Å². The number of rotatable bonds is 0. The Labute approximate surface area is 43.5 Å². The van der Waals surface area contributed by atoms with E-state index in [1.807, 2.05) is 0 Å². The van der Waals surface area contributed by atoms with E-state index in [0.29, 0.717) is 5.37 Å². The van der Waals surface area contributed by atoms with Gasteiger partial charge in [-0.2, -0.15) is 12.6 Å². The van der Waals surface area contributed by atoms with Gasteiger partial charge in [-0.3, -0.25) is 0 Å². The molecule has 0 amide bonds. The van der Waals surface area contributed by atoms with Gasteiger partial charge in [0.05, 0.1) is 5.37 Å². The van der Waals surface area contributed by atoms with Crippen LogP contribution in [0.25, 0.3) is 0 Å². The molecule has 1 N–H and O–H groups in total. The predicted molar refractivity (Wildman–Crippen MR) is 29.7 cm³/mol. The van der Waals surface area contributed by atoms with Gasteiger partial charge < -0.3 is 5.32 Å². The van der Waals surface area contributed by atoms with E-state index in [-0.39, 0.29) is 0 Å². The molecule has 2 heteroatoms. The molecule has 1 saturated heterocycles. The van der Waals surface area contributed by atoms with Gasteiger partial charge in [0.25, 0.3) is 0 Å². The van der Waals surface area contributed by atoms with Crippen LogP contribution in [-0.2, 0) is 0 Å². The second-order valence-electron chi connectivity index (χ2n) is 1.42. The van der Waals surface area contributed by atoms with Crippen molar-refractivity contribution in [1.82, 2.24) is 5.32 Å². The first kappa shape index (κ1) is 4.47. The normalized spacial score (nSPS) is 34.5. The minimum atomic E-state index is 0.366. The second kappa shape index (κ2) is 1.85. The van der Waals surface area contributed by atoms with Gasteiger partial charge in [0.15, 0.2) is 0 Å². The van der Waals surface area contributed by atoms with Crippen molar-refractivity contribution in [1.29, 1.82) is 0 Å². The van der Waals surface area contributed by atoms with Crippen molar-refractivity contribution in [2.24, 2.45) is 0 Å². The van der Waals surface area contributed by atoms with Crippen molar-refractivity contribution >= 4 is 12.6 Å². The highest BCUT2D eigenvalue weighted by Gasteiger charge is 2.06. The first-order valence-electron chi connectivity index (χ1n) is 2.14. The molecule has 0 aromatic rings. The fourth-order valence-corrected chi connectivity index (χ4v) is 0.834. The summed E-state index contributed by atoms with van der Waals surface area (Å²) >= 11 is 4.13. The first-order chi connectivity index (χ1) is 2.89. The van der Waals surface area contributed by atoms with Crippen LogP contribution in [0, 0.1) is 6.42 Å². The van der Waals surface area contributed by atoms with E-state index >= 15 is 0 Å². The Morgan fingerprint density at radius 3 is 2.83 bits per heavy atom. The molecule has 1 aliphatic rings. The Bertz CT molecular complexity index is 40.8. The fourth-order valence-electron chi connectivity index (χ4n) is 0.556. The molecule has 6 heavy (non-hydrogen) atoms. The van der Waals surface area contributed by atoms with Crippen LogP contribution in [0.1, 0.15) is 6.42 Å². The van der Waals surface area contributed by atoms with E-state index in [2.05, 4.69) is 24.4 Å². The quantitative estimate of drug-likeness (QED) is 0.423. The lowest BCUT2D eigenvalue weighted by Gasteiger charge is -1.93. The maximum absolute atomic E-state index is 4.13. The molecule has 1 heterocycles. The molecule has 0 aromatic carbocycles. The third-order valence-electron chi connectivity index (χ3n) is 0.888. The Hall–Kier alpha value is 0.310. The van der Waals surface area contributed by atoms with Gasteiger partial charge in [-0.25, -0.2) is 0 Å². The van der Waals surface area contributed by atoms with Crippen LogP contribution in [-0.4, -0.2) is 11.9 Å². The average molecular weight is 102 g/mol. The number of hydrogen-bond acceptors (Lipinski definition) is 2. The predicted octanol–water partition coefficient (Wildman–Crippen LogP) is 0.440. The molecule has 1 rings (SSSR count). The van der Waals surface area contributed by atoms with Crippen LogP contribution in [0.3, 0.4) is 0 Å². The minimum absolute atomic E-state index is 0.366. The standard InChI is InChI=1S/C4H8NS/c6-4-2-1-3-5-4/h2,4-6H,1,3H2. The highest BCUT2D eigenvalue weighted by Crippen LogP contribution is 2.04. The number of hydrogen-bond donors (Lipinski definition) is 2. The van der Waals surface area contributed by atoms with Crippen molar-refractivity contribution in [3.8, 4) is 0 Å². The molecule has 0 bridgehead atoms. The third kappa shape index (κ3) is 0.884. The zero-order chi connectivity index (χ0) is 4.41. The smallest absolute Gasteiger partial charge is 0.0535 e. The summed E-state index contributed by atoms with van der Waals surface area (Å²) in [5.74, 6) is 0. The minimum Gasteiger partial charge on any atom is -0.305 e. The maximum atomic E-state index is 4.13. The van der Waals surface area contributed by atoms with E-state index in [0.717, 1.165) is 6.54 Å². The Balaban J connectivity index is 2.18. The van der Waals surface area contributed by atoms with Gasteiger partial charge in [-0.15, -0.1) is 0 Å². The van der Waals surface area contributed by atoms with Gasteiger partial charge in [0.1, 0.15) is 0 Å². The monoisotopic (exact) mass is 102 g/mol. The van der Waals surface area contributed by atoms with Crippen molar-refractivity contribution in [3.05, 3.63) is 6.42 Å². The van der Waals surface area contributed by atoms with E-state index < -0.39 is 0 Å². The maximum Gasteiger partial charge on any atom is 0.0535 e. The molecule has 1 aliphatic heterocycles. The van der Waals surface area contributed by atoms with E-state index in [1.54, 1.807) is 0 Å². The van der Waals surface area contributed by atoms with Gasteiger partial charge in [-0.1, -0.05) is 0 Å². The molecule has 1 radical (unpaired) electrons. The van der Waals surface area contributed by atoms with Gasteiger partial charge in [0, 0.05) is 0 Å². The summed E-state index contributed by atoms with van der Waals surface area (Å²) in [6, 6.07) is 0. The molecule has 35 valence electrons. The van der Waals surface area contributed by atoms with Crippen LogP contribution >= 0.6 is 12.6 Å². The second-order valence-corrected chi connectivity index (χ2v) is 1.98. The molecule has 1 fully saturated rings. The molecular weight excluding hydrogens is 94.1 g/mol. The largest absolute Gasteiger partial charge is 0.305 e. The zero-order valence-electron chi connectivity index (χ0n) is 3.52. The van der Waals surface area contributed by atoms with E-state index in [9.17, 15) is 0 Å². The van der Waals surface area contributed by atoms with Crippen molar-refractivity contribution in [2.75, 3.05) is 6.54 Å². The highest BCUT2D eigenvalue weighted by atomic mass is 32.1. The molecule has 1 atom stereocenters. The van der Waals surface area contributed by atoms with E-state index in [1.165, 1.54) is 6.42 Å². The summed E-state index contributed by atoms with van der Waals surface area (Å²) in [6.07, 6.45) is 3.33. The van der Waals surface area contributed by atoms with Crippen LogP contribution < -0.4 is 5.32 Å². The van der Waals surface area contributed by atoms with Crippen molar-refractivity contribution < 1.29 is 0 Å². The van der Waals surface area contributed by atoms with Gasteiger partial charge >= 0.3 is 0 Å². The molecule has 0 spiro atoms. The van der Waals surface area contributed by atoms with Crippen LogP contribution in [0.2, 0.25) is 0 Å². The van der Waals surface area contributed by atoms with Crippen LogP contribution in [0.15, 0.2) is 0 Å². The summed E-state index contributed by atoms with van der Waals surface area (Å²) in [6.45, 7) is 1.11. The Morgan fingerprint density at radius 2 is 2.67 bits per heavy atom. The number of thiol groups is 1. The summed E-state index contributed by atoms with van der Waals surface area (Å²) in [7, 11) is 0. The molecule has 0 aliphatic carbocycles.